The lowest BCUT2D eigenvalue weighted by atomic mass is 10.1. The van der Waals surface area contributed by atoms with Crippen LogP contribution < -0.4 is 16.0 Å². The van der Waals surface area contributed by atoms with Crippen molar-refractivity contribution in [3.63, 3.8) is 0 Å². The molecular weight excluding hydrogens is 480 g/mol. The van der Waals surface area contributed by atoms with E-state index in [-0.39, 0.29) is 35.7 Å². The van der Waals surface area contributed by atoms with Crippen LogP contribution in [0.5, 0.6) is 0 Å². The highest BCUT2D eigenvalue weighted by Crippen LogP contribution is 2.15. The number of nitrogens with one attached hydrogen (secondary N) is 3. The summed E-state index contributed by atoms with van der Waals surface area (Å²) in [5.74, 6) is 0.593. The smallest absolute Gasteiger partial charge is 0.321 e. The van der Waals surface area contributed by atoms with Crippen molar-refractivity contribution in [3.05, 3.63) is 59.7 Å². The molecule has 0 spiro atoms. The molecule has 3 rings (SSSR count). The number of aliphatic imine (C=N–C) groups is 1. The van der Waals surface area contributed by atoms with E-state index in [1.807, 2.05) is 24.3 Å². The second kappa shape index (κ2) is 12.5. The van der Waals surface area contributed by atoms with Gasteiger partial charge in [-0.15, -0.1) is 0 Å². The molecule has 11 heteroatoms. The van der Waals surface area contributed by atoms with Gasteiger partial charge in [-0.2, -0.15) is 0 Å². The van der Waals surface area contributed by atoms with Gasteiger partial charge in [-0.25, -0.2) is 13.2 Å². The van der Waals surface area contributed by atoms with Gasteiger partial charge in [-0.3, -0.25) is 9.79 Å². The molecule has 2 aromatic rings. The third kappa shape index (κ3) is 7.79. The molecule has 3 amide bonds. The Morgan fingerprint density at radius 3 is 2.33 bits per heavy atom. The van der Waals surface area contributed by atoms with Crippen molar-refractivity contribution >= 4 is 33.3 Å². The predicted octanol–water partition coefficient (Wildman–Crippen LogP) is 1.54. The van der Waals surface area contributed by atoms with Crippen LogP contribution in [0, 0.1) is 0 Å². The van der Waals surface area contributed by atoms with Gasteiger partial charge in [0.2, 0.25) is 5.91 Å². The molecule has 1 aliphatic rings. The van der Waals surface area contributed by atoms with Crippen LogP contribution in [0.3, 0.4) is 0 Å². The molecule has 0 aromatic heterocycles. The fourth-order valence-corrected chi connectivity index (χ4v) is 4.63. The molecule has 0 bridgehead atoms. The normalized spacial score (nSPS) is 13.0. The third-order valence-corrected chi connectivity index (χ3v) is 7.32. The first-order valence-electron chi connectivity index (χ1n) is 11.8. The van der Waals surface area contributed by atoms with Crippen LogP contribution in [-0.4, -0.2) is 89.2 Å². The molecule has 0 fully saturated rings. The molecule has 0 atom stereocenters. The molecule has 36 heavy (non-hydrogen) atoms. The largest absolute Gasteiger partial charge is 0.368 e. The van der Waals surface area contributed by atoms with Gasteiger partial charge >= 0.3 is 6.03 Å². The summed E-state index contributed by atoms with van der Waals surface area (Å²) in [4.78, 5) is 31.7. The minimum Gasteiger partial charge on any atom is -0.368 e. The number of anilines is 1. The molecule has 0 radical (unpaired) electrons. The Hall–Kier alpha value is -3.44. The van der Waals surface area contributed by atoms with E-state index < -0.39 is 9.84 Å². The summed E-state index contributed by atoms with van der Waals surface area (Å²) in [7, 11) is 1.42. The molecule has 194 valence electrons. The van der Waals surface area contributed by atoms with E-state index in [2.05, 4.69) is 20.9 Å². The molecular formula is C25H34N6O4S. The summed E-state index contributed by atoms with van der Waals surface area (Å²) in [5, 5.41) is 8.76. The van der Waals surface area contributed by atoms with E-state index in [4.69, 9.17) is 0 Å². The first-order chi connectivity index (χ1) is 17.2. The van der Waals surface area contributed by atoms with Gasteiger partial charge in [0.15, 0.2) is 9.84 Å². The first-order valence-corrected chi connectivity index (χ1v) is 13.4. The number of rotatable bonds is 11. The van der Waals surface area contributed by atoms with Crippen molar-refractivity contribution in [2.24, 2.45) is 4.99 Å². The van der Waals surface area contributed by atoms with Gasteiger partial charge in [0.05, 0.1) is 11.4 Å². The van der Waals surface area contributed by atoms with E-state index in [1.165, 1.54) is 17.0 Å². The Morgan fingerprint density at radius 2 is 1.72 bits per heavy atom. The highest BCUT2D eigenvalue weighted by atomic mass is 32.2. The zero-order chi connectivity index (χ0) is 26.1. The molecule has 0 unspecified atom stereocenters. The van der Waals surface area contributed by atoms with Crippen molar-refractivity contribution in [1.82, 2.24) is 20.4 Å². The molecule has 0 saturated carbocycles. The zero-order valence-corrected chi connectivity index (χ0v) is 21.8. The summed E-state index contributed by atoms with van der Waals surface area (Å²) in [6.07, 6.45) is 0.932. The Balaban J connectivity index is 1.38. The Bertz CT molecular complexity index is 1180. The lowest BCUT2D eigenvalue weighted by molar-refractivity contribution is -0.129. The molecule has 10 nitrogen and oxygen atoms in total. The number of urea groups is 1. The maximum absolute atomic E-state index is 12.6. The summed E-state index contributed by atoms with van der Waals surface area (Å²) < 4.78 is 25.1. The molecule has 2 aromatic carbocycles. The van der Waals surface area contributed by atoms with Gasteiger partial charge in [-0.1, -0.05) is 24.3 Å². The van der Waals surface area contributed by atoms with Crippen molar-refractivity contribution in [3.8, 4) is 0 Å². The van der Waals surface area contributed by atoms with E-state index in [0.29, 0.717) is 12.2 Å². The van der Waals surface area contributed by atoms with Crippen molar-refractivity contribution in [2.45, 2.75) is 17.7 Å². The van der Waals surface area contributed by atoms with Crippen molar-refractivity contribution in [1.29, 1.82) is 0 Å². The van der Waals surface area contributed by atoms with Crippen LogP contribution in [0.2, 0.25) is 0 Å². The minimum atomic E-state index is -3.57. The van der Waals surface area contributed by atoms with Gasteiger partial charge < -0.3 is 25.8 Å². The average Bonchev–Trinajstić information content (AvgIpc) is 3.40. The SMILES string of the molecule is CN(C)C(=O)Nc1ccc(S(=O)(=O)CNCCC(=O)N(C)CCc2ccc(C3=NCCN3)cc2)cc1. The zero-order valence-electron chi connectivity index (χ0n) is 21.0. The van der Waals surface area contributed by atoms with Crippen LogP contribution in [-0.2, 0) is 21.1 Å². The fraction of sp³-hybridized carbons (Fsp3) is 0.400. The molecule has 3 N–H and O–H groups in total. The van der Waals surface area contributed by atoms with Crippen LogP contribution in [0.4, 0.5) is 10.5 Å². The Kier molecular flexibility index (Phi) is 9.43. The number of carbonyl (C=O) groups excluding carboxylic acids is 2. The van der Waals surface area contributed by atoms with Gasteiger partial charge in [-0.05, 0) is 36.2 Å². The Labute approximate surface area is 212 Å². The highest BCUT2D eigenvalue weighted by molar-refractivity contribution is 7.91. The number of benzene rings is 2. The fourth-order valence-electron chi connectivity index (χ4n) is 3.50. The van der Waals surface area contributed by atoms with Crippen LogP contribution in [0.25, 0.3) is 0 Å². The molecule has 1 heterocycles. The van der Waals surface area contributed by atoms with E-state index in [1.54, 1.807) is 38.2 Å². The number of carbonyl (C=O) groups is 2. The lowest BCUT2D eigenvalue weighted by Gasteiger charge is -2.17. The van der Waals surface area contributed by atoms with E-state index >= 15 is 0 Å². The topological polar surface area (TPSA) is 123 Å². The van der Waals surface area contributed by atoms with E-state index in [9.17, 15) is 18.0 Å². The van der Waals surface area contributed by atoms with Crippen LogP contribution >= 0.6 is 0 Å². The number of likely N-dealkylation sites (N-methyl/N-ethyl adjacent to an activating group) is 1. The molecule has 1 aliphatic heterocycles. The number of amides is 3. The standard InChI is InChI=1S/C25H34N6O4S/c1-30(2)25(33)29-21-8-10-22(11-9-21)36(34,35)18-26-14-12-23(32)31(3)17-13-19-4-6-20(7-5-19)24-27-15-16-28-24/h4-11,26H,12-18H2,1-3H3,(H,27,28)(H,29,33). The highest BCUT2D eigenvalue weighted by Gasteiger charge is 2.15. The van der Waals surface area contributed by atoms with Crippen molar-refractivity contribution < 1.29 is 18.0 Å². The van der Waals surface area contributed by atoms with Crippen LogP contribution in [0.15, 0.2) is 58.4 Å². The van der Waals surface area contributed by atoms with E-state index in [0.717, 1.165) is 36.5 Å². The van der Waals surface area contributed by atoms with Gasteiger partial charge in [0.1, 0.15) is 11.7 Å². The third-order valence-electron chi connectivity index (χ3n) is 5.74. The monoisotopic (exact) mass is 514 g/mol. The second-order valence-electron chi connectivity index (χ2n) is 8.78. The number of hydrogen-bond donors (Lipinski definition) is 3. The maximum atomic E-state index is 12.6. The first kappa shape index (κ1) is 27.2. The van der Waals surface area contributed by atoms with Crippen LogP contribution in [0.1, 0.15) is 17.5 Å². The Morgan fingerprint density at radius 1 is 1.03 bits per heavy atom. The quantitative estimate of drug-likeness (QED) is 0.391. The van der Waals surface area contributed by atoms with Gasteiger partial charge in [0, 0.05) is 58.4 Å². The number of nitrogens with zero attached hydrogens (tertiary/aromatic N) is 3. The maximum Gasteiger partial charge on any atom is 0.321 e. The molecule has 0 aliphatic carbocycles. The number of sulfone groups is 1. The number of amidine groups is 1. The summed E-state index contributed by atoms with van der Waals surface area (Å²) >= 11 is 0. The predicted molar refractivity (Wildman–Crippen MR) is 141 cm³/mol. The lowest BCUT2D eigenvalue weighted by Crippen LogP contribution is -2.32. The second-order valence-corrected chi connectivity index (χ2v) is 10.8. The van der Waals surface area contributed by atoms with Gasteiger partial charge in [0.25, 0.3) is 0 Å². The summed E-state index contributed by atoms with van der Waals surface area (Å²) in [6, 6.07) is 13.8. The summed E-state index contributed by atoms with van der Waals surface area (Å²) in [6.45, 7) is 2.50. The molecule has 0 saturated heterocycles. The average molecular weight is 515 g/mol. The minimum absolute atomic E-state index is 0.0537. The number of hydrogen-bond acceptors (Lipinski definition) is 7. The summed E-state index contributed by atoms with van der Waals surface area (Å²) in [5.41, 5.74) is 2.70. The van der Waals surface area contributed by atoms with Crippen molar-refractivity contribution in [2.75, 3.05) is 58.5 Å².